The van der Waals surface area contributed by atoms with Crippen molar-refractivity contribution in [1.82, 2.24) is 9.97 Å². The summed E-state index contributed by atoms with van der Waals surface area (Å²) in [5.74, 6) is 1.57. The van der Waals surface area contributed by atoms with Gasteiger partial charge in [0.25, 0.3) is 0 Å². The van der Waals surface area contributed by atoms with Crippen molar-refractivity contribution in [2.45, 2.75) is 13.8 Å². The molecule has 1 aromatic carbocycles. The van der Waals surface area contributed by atoms with Crippen molar-refractivity contribution in [3.8, 4) is 17.0 Å². The molecule has 0 aliphatic heterocycles. The molecule has 19 heavy (non-hydrogen) atoms. The first-order valence-corrected chi connectivity index (χ1v) is 6.44. The van der Waals surface area contributed by atoms with E-state index in [4.69, 9.17) is 16.3 Å². The van der Waals surface area contributed by atoms with Crippen LogP contribution in [0.1, 0.15) is 12.5 Å². The smallest absolute Gasteiger partial charge is 0.132 e. The van der Waals surface area contributed by atoms with Crippen molar-refractivity contribution in [1.29, 1.82) is 0 Å². The fourth-order valence-corrected chi connectivity index (χ4v) is 2.10. The van der Waals surface area contributed by atoms with E-state index >= 15 is 0 Å². The summed E-state index contributed by atoms with van der Waals surface area (Å²) in [4.78, 5) is 8.59. The summed E-state index contributed by atoms with van der Waals surface area (Å²) in [7, 11) is 1.63. The molecule has 0 aliphatic carbocycles. The van der Waals surface area contributed by atoms with Gasteiger partial charge in [-0.3, -0.25) is 0 Å². The highest BCUT2D eigenvalue weighted by atomic mass is 35.5. The van der Waals surface area contributed by atoms with Gasteiger partial charge in [-0.15, -0.1) is 0 Å². The Morgan fingerprint density at radius 3 is 2.79 bits per heavy atom. The van der Waals surface area contributed by atoms with Crippen molar-refractivity contribution >= 4 is 17.4 Å². The Bertz CT molecular complexity index is 587. The van der Waals surface area contributed by atoms with Gasteiger partial charge in [-0.25, -0.2) is 9.97 Å². The second kappa shape index (κ2) is 5.89. The topological polar surface area (TPSA) is 47.0 Å². The van der Waals surface area contributed by atoms with Crippen molar-refractivity contribution in [2.75, 3.05) is 19.0 Å². The third-order valence-electron chi connectivity index (χ3n) is 2.84. The Labute approximate surface area is 117 Å². The van der Waals surface area contributed by atoms with Gasteiger partial charge in [-0.1, -0.05) is 11.6 Å². The Kier molecular flexibility index (Phi) is 4.22. The van der Waals surface area contributed by atoms with E-state index in [0.717, 1.165) is 34.9 Å². The van der Waals surface area contributed by atoms with Gasteiger partial charge in [0.05, 0.1) is 12.8 Å². The molecule has 0 aliphatic rings. The van der Waals surface area contributed by atoms with Gasteiger partial charge in [0.2, 0.25) is 0 Å². The summed E-state index contributed by atoms with van der Waals surface area (Å²) >= 11 is 6.06. The van der Waals surface area contributed by atoms with Crippen LogP contribution in [0.15, 0.2) is 24.5 Å². The van der Waals surface area contributed by atoms with Crippen LogP contribution in [0.3, 0.4) is 0 Å². The highest BCUT2D eigenvalue weighted by Gasteiger charge is 2.13. The maximum Gasteiger partial charge on any atom is 0.132 e. The Morgan fingerprint density at radius 2 is 2.11 bits per heavy atom. The van der Waals surface area contributed by atoms with Crippen LogP contribution in [0.5, 0.6) is 5.75 Å². The van der Waals surface area contributed by atoms with Gasteiger partial charge >= 0.3 is 0 Å². The lowest BCUT2D eigenvalue weighted by atomic mass is 10.1. The second-order valence-corrected chi connectivity index (χ2v) is 4.51. The number of hydrogen-bond donors (Lipinski definition) is 1. The van der Waals surface area contributed by atoms with Gasteiger partial charge < -0.3 is 10.1 Å². The Balaban J connectivity index is 2.58. The first-order chi connectivity index (χ1) is 9.17. The van der Waals surface area contributed by atoms with Crippen LogP contribution >= 0.6 is 11.6 Å². The standard InChI is InChI=1S/C14H16ClN3O/c1-4-16-14-9(2)13(17-8-18-14)11-7-10(15)5-6-12(11)19-3/h5-8H,4H2,1-3H3,(H,16,17,18). The number of ether oxygens (including phenoxy) is 1. The van der Waals surface area contributed by atoms with Gasteiger partial charge in [0.1, 0.15) is 17.9 Å². The van der Waals surface area contributed by atoms with Crippen LogP contribution in [-0.2, 0) is 0 Å². The van der Waals surface area contributed by atoms with Crippen molar-refractivity contribution in [3.05, 3.63) is 35.1 Å². The SMILES string of the molecule is CCNc1ncnc(-c2cc(Cl)ccc2OC)c1C. The molecule has 2 aromatic rings. The summed E-state index contributed by atoms with van der Waals surface area (Å²) < 4.78 is 5.37. The molecule has 2 rings (SSSR count). The maximum atomic E-state index is 6.06. The van der Waals surface area contributed by atoms with Crippen molar-refractivity contribution in [2.24, 2.45) is 0 Å². The summed E-state index contributed by atoms with van der Waals surface area (Å²) in [6, 6.07) is 5.49. The quantitative estimate of drug-likeness (QED) is 0.928. The first kappa shape index (κ1) is 13.6. The van der Waals surface area contributed by atoms with Crippen LogP contribution in [0, 0.1) is 6.92 Å². The molecule has 0 atom stereocenters. The Hall–Kier alpha value is -1.81. The number of nitrogens with zero attached hydrogens (tertiary/aromatic N) is 2. The molecular weight excluding hydrogens is 262 g/mol. The number of benzene rings is 1. The van der Waals surface area contributed by atoms with E-state index in [1.54, 1.807) is 19.5 Å². The summed E-state index contributed by atoms with van der Waals surface area (Å²) in [5, 5.41) is 3.86. The largest absolute Gasteiger partial charge is 0.496 e. The van der Waals surface area contributed by atoms with Crippen LogP contribution < -0.4 is 10.1 Å². The highest BCUT2D eigenvalue weighted by Crippen LogP contribution is 2.34. The van der Waals surface area contributed by atoms with E-state index in [0.29, 0.717) is 5.02 Å². The molecular formula is C14H16ClN3O. The average Bonchev–Trinajstić information content (AvgIpc) is 2.41. The minimum Gasteiger partial charge on any atom is -0.496 e. The zero-order valence-corrected chi connectivity index (χ0v) is 12.0. The highest BCUT2D eigenvalue weighted by molar-refractivity contribution is 6.31. The van der Waals surface area contributed by atoms with Gasteiger partial charge in [-0.2, -0.15) is 0 Å². The predicted octanol–water partition coefficient (Wildman–Crippen LogP) is 3.55. The molecule has 1 aromatic heterocycles. The zero-order chi connectivity index (χ0) is 13.8. The first-order valence-electron chi connectivity index (χ1n) is 6.06. The molecule has 0 amide bonds. The Morgan fingerprint density at radius 1 is 1.32 bits per heavy atom. The number of nitrogens with one attached hydrogen (secondary N) is 1. The van der Waals surface area contributed by atoms with Gasteiger partial charge in [0, 0.05) is 22.7 Å². The predicted molar refractivity (Wildman–Crippen MR) is 77.9 cm³/mol. The average molecular weight is 278 g/mol. The third kappa shape index (κ3) is 2.79. The van der Waals surface area contributed by atoms with E-state index < -0.39 is 0 Å². The van der Waals surface area contributed by atoms with E-state index in [9.17, 15) is 0 Å². The molecule has 4 nitrogen and oxygen atoms in total. The van der Waals surface area contributed by atoms with Crippen LogP contribution in [0.4, 0.5) is 5.82 Å². The van der Waals surface area contributed by atoms with Crippen molar-refractivity contribution in [3.63, 3.8) is 0 Å². The molecule has 0 saturated carbocycles. The molecule has 100 valence electrons. The van der Waals surface area contributed by atoms with Crippen molar-refractivity contribution < 1.29 is 4.74 Å². The van der Waals surface area contributed by atoms with Gasteiger partial charge in [-0.05, 0) is 32.0 Å². The number of halogens is 1. The summed E-state index contributed by atoms with van der Waals surface area (Å²) in [6.07, 6.45) is 1.54. The molecule has 0 fully saturated rings. The molecule has 0 unspecified atom stereocenters. The van der Waals surface area contributed by atoms with Crippen LogP contribution in [-0.4, -0.2) is 23.6 Å². The van der Waals surface area contributed by atoms with E-state index in [2.05, 4.69) is 15.3 Å². The lowest BCUT2D eigenvalue weighted by Gasteiger charge is -2.13. The number of hydrogen-bond acceptors (Lipinski definition) is 4. The fraction of sp³-hybridized carbons (Fsp3) is 0.286. The number of anilines is 1. The molecule has 1 N–H and O–H groups in total. The molecule has 5 heteroatoms. The van der Waals surface area contributed by atoms with E-state index in [-0.39, 0.29) is 0 Å². The minimum absolute atomic E-state index is 0.652. The molecule has 0 radical (unpaired) electrons. The maximum absolute atomic E-state index is 6.06. The normalized spacial score (nSPS) is 10.3. The number of methoxy groups -OCH3 is 1. The van der Waals surface area contributed by atoms with E-state index in [1.807, 2.05) is 26.0 Å². The molecule has 1 heterocycles. The lowest BCUT2D eigenvalue weighted by molar-refractivity contribution is 0.416. The van der Waals surface area contributed by atoms with Crippen LogP contribution in [0.25, 0.3) is 11.3 Å². The number of aromatic nitrogens is 2. The lowest BCUT2D eigenvalue weighted by Crippen LogP contribution is -2.04. The summed E-state index contributed by atoms with van der Waals surface area (Å²) in [6.45, 7) is 4.82. The molecule has 0 saturated heterocycles. The molecule has 0 spiro atoms. The fourth-order valence-electron chi connectivity index (χ4n) is 1.93. The minimum atomic E-state index is 0.652. The molecule has 0 bridgehead atoms. The third-order valence-corrected chi connectivity index (χ3v) is 3.08. The summed E-state index contributed by atoms with van der Waals surface area (Å²) in [5.41, 5.74) is 2.67. The number of rotatable bonds is 4. The monoisotopic (exact) mass is 277 g/mol. The second-order valence-electron chi connectivity index (χ2n) is 4.07. The zero-order valence-electron chi connectivity index (χ0n) is 11.2. The van der Waals surface area contributed by atoms with E-state index in [1.165, 1.54) is 0 Å². The van der Waals surface area contributed by atoms with Gasteiger partial charge in [0.15, 0.2) is 0 Å². The van der Waals surface area contributed by atoms with Crippen LogP contribution in [0.2, 0.25) is 5.02 Å².